The van der Waals surface area contributed by atoms with Crippen LogP contribution < -0.4 is 15.4 Å². The highest BCUT2D eigenvalue weighted by molar-refractivity contribution is 7.92. The average molecular weight is 851 g/mol. The molecule has 0 saturated heterocycles. The van der Waals surface area contributed by atoms with E-state index in [9.17, 15) is 27.6 Å². The lowest BCUT2D eigenvalue weighted by molar-refractivity contribution is -0.155. The number of carboxylic acid groups (broad SMARTS) is 1. The summed E-state index contributed by atoms with van der Waals surface area (Å²) in [6.07, 6.45) is 15.0. The van der Waals surface area contributed by atoms with Crippen LogP contribution in [0.25, 0.3) is 0 Å². The van der Waals surface area contributed by atoms with Crippen molar-refractivity contribution in [3.05, 3.63) is 53.7 Å². The van der Waals surface area contributed by atoms with Crippen molar-refractivity contribution in [2.24, 2.45) is 0 Å². The van der Waals surface area contributed by atoms with Gasteiger partial charge in [0.25, 0.3) is 15.9 Å². The van der Waals surface area contributed by atoms with Crippen LogP contribution in [0.5, 0.6) is 0 Å². The number of nitrogens with zero attached hydrogens (tertiary/aromatic N) is 1. The lowest BCUT2D eigenvalue weighted by atomic mass is 10.0. The Labute approximate surface area is 349 Å². The summed E-state index contributed by atoms with van der Waals surface area (Å²) in [6.45, 7) is 6.83. The largest absolute Gasteiger partial charge is 0.480 e. The summed E-state index contributed by atoms with van der Waals surface area (Å²) in [6, 6.07) is 9.84. The summed E-state index contributed by atoms with van der Waals surface area (Å²) < 4.78 is 54.8. The summed E-state index contributed by atoms with van der Waals surface area (Å²) in [4.78, 5) is 50.7. The predicted octanol–water partition coefficient (Wildman–Crippen LogP) is 5.44. The summed E-state index contributed by atoms with van der Waals surface area (Å²) >= 11 is 0. The van der Waals surface area contributed by atoms with E-state index >= 15 is 0 Å². The summed E-state index contributed by atoms with van der Waals surface area (Å²) in [5, 5.41) is 13.8. The number of sulfonamides is 1. The number of carboxylic acids is 1. The van der Waals surface area contributed by atoms with Crippen LogP contribution in [0.2, 0.25) is 0 Å². The number of hydrogen-bond acceptors (Lipinski definition) is 12. The van der Waals surface area contributed by atoms with Gasteiger partial charge in [0, 0.05) is 25.7 Å². The zero-order valence-electron chi connectivity index (χ0n) is 35.1. The number of rotatable bonds is 34. The smallest absolute Gasteiger partial charge is 0.329 e. The molecule has 332 valence electrons. The summed E-state index contributed by atoms with van der Waals surface area (Å²) in [5.74, 6) is -1.79. The number of ether oxygens (including phenoxy) is 5. The van der Waals surface area contributed by atoms with E-state index in [0.717, 1.165) is 50.5 Å². The number of nitrogens with one attached hydrogen (secondary N) is 3. The third-order valence-corrected chi connectivity index (χ3v) is 9.90. The molecule has 1 aromatic heterocycles. The normalized spacial score (nSPS) is 11.6. The van der Waals surface area contributed by atoms with Crippen LogP contribution in [0, 0.1) is 0 Å². The monoisotopic (exact) mass is 850 g/mol. The molecule has 2 amide bonds. The van der Waals surface area contributed by atoms with E-state index < -0.39 is 27.5 Å². The first-order chi connectivity index (χ1) is 28.2. The maximum atomic E-state index is 13.1. The quantitative estimate of drug-likeness (QED) is 0.0510. The zero-order chi connectivity index (χ0) is 43.2. The molecule has 2 rings (SSSR count). The van der Waals surface area contributed by atoms with Crippen molar-refractivity contribution in [3.8, 4) is 0 Å². The number of pyridine rings is 1. The van der Waals surface area contributed by atoms with Gasteiger partial charge < -0.3 is 39.4 Å². The fraction of sp³-hybridized carbons (Fsp3) is 0.643. The molecule has 0 saturated carbocycles. The van der Waals surface area contributed by atoms with Crippen LogP contribution in [-0.2, 0) is 54.5 Å². The first kappa shape index (κ1) is 51.0. The number of anilines is 1. The Hall–Kier alpha value is -4.16. The second kappa shape index (κ2) is 30.0. The number of aromatic nitrogens is 1. The molecule has 0 bridgehead atoms. The van der Waals surface area contributed by atoms with Crippen LogP contribution in [0.1, 0.15) is 114 Å². The number of hydrogen-bond donors (Lipinski definition) is 4. The molecule has 0 atom stereocenters. The van der Waals surface area contributed by atoms with Gasteiger partial charge in [0.15, 0.2) is 0 Å². The minimum Gasteiger partial charge on any atom is -0.480 e. The average Bonchev–Trinajstić information content (AvgIpc) is 3.18. The molecule has 0 aliphatic rings. The number of benzene rings is 1. The fourth-order valence-corrected chi connectivity index (χ4v) is 6.73. The second-order valence-electron chi connectivity index (χ2n) is 15.0. The molecule has 1 aromatic carbocycles. The Kier molecular flexibility index (Phi) is 25.9. The first-order valence-corrected chi connectivity index (χ1v) is 22.1. The van der Waals surface area contributed by atoms with Gasteiger partial charge in [-0.25, -0.2) is 18.2 Å². The van der Waals surface area contributed by atoms with Gasteiger partial charge >= 0.3 is 11.9 Å². The number of amides is 2. The van der Waals surface area contributed by atoms with Crippen LogP contribution in [0.4, 0.5) is 5.82 Å². The number of esters is 1. The number of aryl methyl sites for hydroxylation is 1. The number of carbonyl (C=O) groups excluding carboxylic acids is 3. The Morgan fingerprint density at radius 1 is 0.695 bits per heavy atom. The van der Waals surface area contributed by atoms with Gasteiger partial charge in [-0.2, -0.15) is 0 Å². The number of aliphatic carboxylic acids is 1. The molecular formula is C42H66N4O12S. The molecule has 16 nitrogen and oxygen atoms in total. The van der Waals surface area contributed by atoms with Crippen molar-refractivity contribution in [1.82, 2.24) is 15.6 Å². The van der Waals surface area contributed by atoms with Gasteiger partial charge in [0.1, 0.15) is 24.6 Å². The molecule has 0 spiro atoms. The van der Waals surface area contributed by atoms with Crippen molar-refractivity contribution in [1.29, 1.82) is 0 Å². The Bertz CT molecular complexity index is 1620. The molecule has 0 fully saturated rings. The van der Waals surface area contributed by atoms with Gasteiger partial charge in [-0.1, -0.05) is 69.9 Å². The maximum absolute atomic E-state index is 13.1. The molecule has 59 heavy (non-hydrogen) atoms. The molecular weight excluding hydrogens is 785 g/mol. The van der Waals surface area contributed by atoms with Gasteiger partial charge in [-0.05, 0) is 69.9 Å². The van der Waals surface area contributed by atoms with Crippen LogP contribution in [0.15, 0.2) is 47.5 Å². The van der Waals surface area contributed by atoms with Crippen LogP contribution in [0.3, 0.4) is 0 Å². The molecule has 0 radical (unpaired) electrons. The third-order valence-electron chi connectivity index (χ3n) is 8.54. The maximum Gasteiger partial charge on any atom is 0.329 e. The van der Waals surface area contributed by atoms with Gasteiger partial charge in [0.05, 0.1) is 50.1 Å². The predicted molar refractivity (Wildman–Crippen MR) is 223 cm³/mol. The third kappa shape index (κ3) is 26.5. The molecule has 0 aliphatic heterocycles. The van der Waals surface area contributed by atoms with Crippen molar-refractivity contribution < 1.29 is 56.4 Å². The van der Waals surface area contributed by atoms with Crippen molar-refractivity contribution in [3.63, 3.8) is 0 Å². The molecule has 0 aliphatic carbocycles. The fourth-order valence-electron chi connectivity index (χ4n) is 5.65. The summed E-state index contributed by atoms with van der Waals surface area (Å²) in [7, 11) is -3.88. The minimum absolute atomic E-state index is 0.0931. The Morgan fingerprint density at radius 3 is 1.86 bits per heavy atom. The van der Waals surface area contributed by atoms with E-state index in [-0.39, 0.29) is 94.1 Å². The number of carbonyl (C=O) groups is 4. The lowest BCUT2D eigenvalue weighted by Gasteiger charge is -2.19. The summed E-state index contributed by atoms with van der Waals surface area (Å²) in [5.41, 5.74) is 0.796. The topological polar surface area (TPSA) is 218 Å². The van der Waals surface area contributed by atoms with Gasteiger partial charge in [0.2, 0.25) is 5.91 Å². The highest BCUT2D eigenvalue weighted by atomic mass is 32.2. The van der Waals surface area contributed by atoms with E-state index in [1.165, 1.54) is 50.4 Å². The Balaban J connectivity index is 1.52. The van der Waals surface area contributed by atoms with Crippen LogP contribution in [-0.4, -0.2) is 114 Å². The number of unbranched alkanes of at least 4 members (excludes halogenated alkanes) is 10. The zero-order valence-corrected chi connectivity index (χ0v) is 35.9. The minimum atomic E-state index is -3.88. The van der Waals surface area contributed by atoms with Crippen molar-refractivity contribution >= 4 is 39.6 Å². The van der Waals surface area contributed by atoms with Crippen molar-refractivity contribution in [2.45, 2.75) is 115 Å². The molecule has 17 heteroatoms. The van der Waals surface area contributed by atoms with Gasteiger partial charge in [-0.3, -0.25) is 19.1 Å². The van der Waals surface area contributed by atoms with E-state index in [1.807, 2.05) is 26.8 Å². The van der Waals surface area contributed by atoms with Crippen molar-refractivity contribution in [2.75, 3.05) is 70.7 Å². The molecule has 4 N–H and O–H groups in total. The highest BCUT2D eigenvalue weighted by Crippen LogP contribution is 2.19. The molecule has 2 aromatic rings. The van der Waals surface area contributed by atoms with E-state index in [1.54, 1.807) is 18.2 Å². The first-order valence-electron chi connectivity index (χ1n) is 20.6. The van der Waals surface area contributed by atoms with E-state index in [2.05, 4.69) is 20.3 Å². The SMILES string of the molecule is CC(C)(C)OC(=O)CCCCCCCCCCCCCc1cccc(S(=O)(=O)Nc2ccc(C(=O)NCCOCCOCC(=O)NCCOCCOCC(=O)O)cn2)c1. The second-order valence-corrected chi connectivity index (χ2v) is 16.7. The molecule has 1 heterocycles. The van der Waals surface area contributed by atoms with E-state index in [4.69, 9.17) is 28.8 Å². The molecule has 0 unspecified atom stereocenters. The Morgan fingerprint density at radius 2 is 1.27 bits per heavy atom. The standard InChI is InChI=1S/C42H66N4O12S/c1-42(2,3)58-40(50)19-14-12-10-8-6-4-5-7-9-11-13-16-34-17-15-18-36(30-34)59(52,53)46-37-21-20-35(31-45-37)41(51)44-23-25-55-26-28-56-32-38(47)43-22-24-54-27-29-57-33-39(48)49/h15,17-18,20-21,30-31H,4-14,16,19,22-29,32-33H2,1-3H3,(H,43,47)(H,44,51)(H,45,46)(H,48,49). The van der Waals surface area contributed by atoms with Crippen LogP contribution >= 0.6 is 0 Å². The van der Waals surface area contributed by atoms with Gasteiger partial charge in [-0.15, -0.1) is 0 Å². The lowest BCUT2D eigenvalue weighted by Crippen LogP contribution is -2.31. The highest BCUT2D eigenvalue weighted by Gasteiger charge is 2.17. The van der Waals surface area contributed by atoms with E-state index in [0.29, 0.717) is 6.42 Å².